The molecular weight excluding hydrogens is 608 g/mol. The first-order valence-electron chi connectivity index (χ1n) is 13.3. The SMILES string of the molecule is COc1cc(OS(C)(=O)=O)ccc1C(=O)OCC(=O)OCCC1(c2ccc(OC(F)F)c(OCC3CC3)c2)C=CC=CN1[O-]. The van der Waals surface area contributed by atoms with E-state index < -0.39 is 40.8 Å². The van der Waals surface area contributed by atoms with E-state index >= 15 is 0 Å². The molecule has 44 heavy (non-hydrogen) atoms. The normalized spacial score (nSPS) is 17.7. The smallest absolute Gasteiger partial charge is 0.387 e. The van der Waals surface area contributed by atoms with E-state index in [0.29, 0.717) is 23.2 Å². The average Bonchev–Trinajstić information content (AvgIpc) is 3.80. The molecule has 0 amide bonds. The fourth-order valence-electron chi connectivity index (χ4n) is 4.32. The molecule has 2 aromatic carbocycles. The number of hydrogen-bond donors (Lipinski definition) is 0. The number of ether oxygens (including phenoxy) is 5. The number of carbonyl (C=O) groups is 2. The van der Waals surface area contributed by atoms with E-state index in [1.165, 1.54) is 55.8 Å². The van der Waals surface area contributed by atoms with Crippen molar-refractivity contribution < 1.29 is 54.7 Å². The maximum Gasteiger partial charge on any atom is 0.387 e. The molecule has 1 atom stereocenters. The highest BCUT2D eigenvalue weighted by Crippen LogP contribution is 2.41. The first-order chi connectivity index (χ1) is 20.9. The highest BCUT2D eigenvalue weighted by atomic mass is 32.2. The molecule has 1 aliphatic carbocycles. The lowest BCUT2D eigenvalue weighted by atomic mass is 9.84. The summed E-state index contributed by atoms with van der Waals surface area (Å²) in [6, 6.07) is 7.81. The number of carbonyl (C=O) groups excluding carboxylic acids is 2. The van der Waals surface area contributed by atoms with E-state index in [0.717, 1.165) is 19.1 Å². The topological polar surface area (TPSA) is 150 Å². The van der Waals surface area contributed by atoms with Gasteiger partial charge in [0.05, 0.1) is 32.1 Å². The first-order valence-corrected chi connectivity index (χ1v) is 15.2. The van der Waals surface area contributed by atoms with Crippen LogP contribution in [0.1, 0.15) is 35.2 Å². The summed E-state index contributed by atoms with van der Waals surface area (Å²) in [7, 11) is -2.57. The van der Waals surface area contributed by atoms with Gasteiger partial charge in [0, 0.05) is 12.5 Å². The van der Waals surface area contributed by atoms with Gasteiger partial charge in [-0.3, -0.25) is 0 Å². The standard InChI is InChI=1S/C29H30F2NO11S/c1-38-24-16-21(43-44(2,36)37)8-9-22(24)27(34)41-18-26(33)39-14-12-29(11-3-4-13-32(29)35)20-7-10-23(42-28(30)31)25(15-20)40-17-19-5-6-19/h3-4,7-11,13,15-16,19,28H,5-6,12,14,17-18H2,1-2H3/q-1. The lowest BCUT2D eigenvalue weighted by Crippen LogP contribution is -2.40. The van der Waals surface area contributed by atoms with Crippen LogP contribution in [0.25, 0.3) is 0 Å². The zero-order chi connectivity index (χ0) is 31.9. The quantitative estimate of drug-likeness (QED) is 0.202. The van der Waals surface area contributed by atoms with Crippen LogP contribution in [0.2, 0.25) is 0 Å². The third-order valence-corrected chi connectivity index (χ3v) is 7.13. The van der Waals surface area contributed by atoms with E-state index in [9.17, 15) is 32.0 Å². The van der Waals surface area contributed by atoms with E-state index in [-0.39, 0.29) is 41.6 Å². The average molecular weight is 639 g/mol. The number of hydroxylamine groups is 2. The molecule has 0 radical (unpaired) electrons. The largest absolute Gasteiger partial charge is 0.758 e. The molecule has 0 spiro atoms. The van der Waals surface area contributed by atoms with Gasteiger partial charge in [0.2, 0.25) is 0 Å². The highest BCUT2D eigenvalue weighted by Gasteiger charge is 2.33. The van der Waals surface area contributed by atoms with Crippen molar-refractivity contribution in [2.75, 3.05) is 33.2 Å². The predicted molar refractivity (Wildman–Crippen MR) is 151 cm³/mol. The molecule has 0 N–H and O–H groups in total. The number of allylic oxidation sites excluding steroid dienone is 2. The summed E-state index contributed by atoms with van der Waals surface area (Å²) in [4.78, 5) is 25.0. The number of halogens is 2. The Bertz CT molecular complexity index is 1530. The lowest BCUT2D eigenvalue weighted by molar-refractivity contribution is -0.147. The zero-order valence-corrected chi connectivity index (χ0v) is 24.6. The molecule has 0 aromatic heterocycles. The Kier molecular flexibility index (Phi) is 10.3. The van der Waals surface area contributed by atoms with E-state index in [4.69, 9.17) is 23.1 Å². The monoisotopic (exact) mass is 638 g/mol. The Labute approximate surface area is 252 Å². The summed E-state index contributed by atoms with van der Waals surface area (Å²) >= 11 is 0. The van der Waals surface area contributed by atoms with Crippen LogP contribution < -0.4 is 18.4 Å². The predicted octanol–water partition coefficient (Wildman–Crippen LogP) is 4.29. The van der Waals surface area contributed by atoms with Crippen molar-refractivity contribution >= 4 is 22.1 Å². The summed E-state index contributed by atoms with van der Waals surface area (Å²) in [5, 5.41) is 13.7. The third-order valence-electron chi connectivity index (χ3n) is 6.64. The van der Waals surface area contributed by atoms with Crippen LogP contribution in [0.3, 0.4) is 0 Å². The fraction of sp³-hybridized carbons (Fsp3) is 0.379. The number of alkyl halides is 2. The van der Waals surface area contributed by atoms with Crippen LogP contribution in [-0.2, 0) is 29.9 Å². The van der Waals surface area contributed by atoms with Crippen molar-refractivity contribution in [2.45, 2.75) is 31.4 Å². The molecule has 238 valence electrons. The lowest BCUT2D eigenvalue weighted by Gasteiger charge is -2.48. The Morgan fingerprint density at radius 2 is 1.84 bits per heavy atom. The van der Waals surface area contributed by atoms with E-state index in [2.05, 4.69) is 4.74 Å². The van der Waals surface area contributed by atoms with Crippen molar-refractivity contribution in [1.82, 2.24) is 5.06 Å². The maximum atomic E-state index is 13.1. The van der Waals surface area contributed by atoms with Gasteiger partial charge in [0.15, 0.2) is 18.1 Å². The minimum Gasteiger partial charge on any atom is -0.758 e. The van der Waals surface area contributed by atoms with Gasteiger partial charge in [-0.05, 0) is 60.9 Å². The molecule has 1 heterocycles. The van der Waals surface area contributed by atoms with Gasteiger partial charge < -0.3 is 38.1 Å². The van der Waals surface area contributed by atoms with Gasteiger partial charge >= 0.3 is 28.7 Å². The molecule has 1 fully saturated rings. The van der Waals surface area contributed by atoms with Gasteiger partial charge in [-0.15, -0.1) is 0 Å². The molecule has 1 aliphatic heterocycles. The fourth-order valence-corrected chi connectivity index (χ4v) is 4.77. The molecule has 2 aromatic rings. The molecule has 1 unspecified atom stereocenters. The van der Waals surface area contributed by atoms with Crippen LogP contribution in [0.15, 0.2) is 60.8 Å². The van der Waals surface area contributed by atoms with E-state index in [1.807, 2.05) is 0 Å². The van der Waals surface area contributed by atoms with Crippen molar-refractivity contribution in [3.8, 4) is 23.0 Å². The molecule has 0 saturated heterocycles. The van der Waals surface area contributed by atoms with Crippen molar-refractivity contribution in [3.63, 3.8) is 0 Å². The number of methoxy groups -OCH3 is 1. The second-order valence-electron chi connectivity index (χ2n) is 9.94. The number of esters is 2. The molecule has 4 rings (SSSR count). The Morgan fingerprint density at radius 1 is 1.07 bits per heavy atom. The molecule has 12 nitrogen and oxygen atoms in total. The molecule has 15 heteroatoms. The second-order valence-corrected chi connectivity index (χ2v) is 11.5. The number of rotatable bonds is 15. The van der Waals surface area contributed by atoms with Crippen molar-refractivity contribution in [3.05, 3.63) is 77.2 Å². The Hall–Kier alpha value is -4.37. The second kappa shape index (κ2) is 13.9. The summed E-state index contributed by atoms with van der Waals surface area (Å²) < 4.78 is 79.2. The third kappa shape index (κ3) is 8.60. The van der Waals surface area contributed by atoms with Crippen LogP contribution >= 0.6 is 0 Å². The highest BCUT2D eigenvalue weighted by molar-refractivity contribution is 7.86. The Balaban J connectivity index is 1.40. The minimum atomic E-state index is -3.81. The van der Waals surface area contributed by atoms with Crippen LogP contribution in [0.4, 0.5) is 8.78 Å². The summed E-state index contributed by atoms with van der Waals surface area (Å²) in [6.45, 7) is -3.81. The first kappa shape index (κ1) is 32.5. The summed E-state index contributed by atoms with van der Waals surface area (Å²) in [5.41, 5.74) is -1.09. The van der Waals surface area contributed by atoms with Crippen molar-refractivity contribution in [1.29, 1.82) is 0 Å². The molecular formula is C29H30F2NO11S-. The van der Waals surface area contributed by atoms with Gasteiger partial charge in [0.25, 0.3) is 0 Å². The summed E-state index contributed by atoms with van der Waals surface area (Å²) in [6.07, 6.45) is 8.75. The number of nitrogens with zero attached hydrogens (tertiary/aromatic N) is 1. The number of benzene rings is 2. The van der Waals surface area contributed by atoms with Crippen LogP contribution in [0, 0.1) is 11.1 Å². The van der Waals surface area contributed by atoms with Gasteiger partial charge in [-0.25, -0.2) is 9.59 Å². The minimum absolute atomic E-state index is 0.0513. The van der Waals surface area contributed by atoms with Crippen molar-refractivity contribution in [2.24, 2.45) is 5.92 Å². The van der Waals surface area contributed by atoms with Gasteiger partial charge in [0.1, 0.15) is 17.1 Å². The van der Waals surface area contributed by atoms with Gasteiger partial charge in [-0.1, -0.05) is 18.2 Å². The van der Waals surface area contributed by atoms with Gasteiger partial charge in [-0.2, -0.15) is 17.2 Å². The number of hydrogen-bond acceptors (Lipinski definition) is 12. The molecule has 0 bridgehead atoms. The van der Waals surface area contributed by atoms with E-state index in [1.54, 1.807) is 12.2 Å². The molecule has 2 aliphatic rings. The molecule has 1 saturated carbocycles. The van der Waals surface area contributed by atoms with Crippen LogP contribution in [-0.4, -0.2) is 65.2 Å². The Morgan fingerprint density at radius 3 is 2.50 bits per heavy atom. The summed E-state index contributed by atoms with van der Waals surface area (Å²) in [5.74, 6) is -1.79. The maximum absolute atomic E-state index is 13.1. The van der Waals surface area contributed by atoms with Crippen LogP contribution in [0.5, 0.6) is 23.0 Å². The zero-order valence-electron chi connectivity index (χ0n) is 23.8.